The van der Waals surface area contributed by atoms with E-state index in [9.17, 15) is 4.79 Å². The molecule has 3 heteroatoms. The molecule has 0 bridgehead atoms. The summed E-state index contributed by atoms with van der Waals surface area (Å²) >= 11 is 0. The molecule has 2 nitrogen and oxygen atoms in total. The van der Waals surface area contributed by atoms with E-state index < -0.39 is 0 Å². The summed E-state index contributed by atoms with van der Waals surface area (Å²) in [5.41, 5.74) is 0.898. The first kappa shape index (κ1) is 16.5. The van der Waals surface area contributed by atoms with Gasteiger partial charge in [-0.15, -0.1) is 12.4 Å². The highest BCUT2D eigenvalue weighted by molar-refractivity contribution is 6.00. The van der Waals surface area contributed by atoms with Crippen molar-refractivity contribution in [2.75, 3.05) is 13.1 Å². The number of benzene rings is 1. The predicted molar refractivity (Wildman–Crippen MR) is 89.2 cm³/mol. The molecule has 1 aromatic carbocycles. The van der Waals surface area contributed by atoms with Gasteiger partial charge in [0, 0.05) is 5.56 Å². The number of halogens is 1. The lowest BCUT2D eigenvalue weighted by Crippen LogP contribution is -2.45. The van der Waals surface area contributed by atoms with Gasteiger partial charge in [-0.3, -0.25) is 9.69 Å². The van der Waals surface area contributed by atoms with Crippen molar-refractivity contribution in [3.05, 3.63) is 35.9 Å². The zero-order valence-electron chi connectivity index (χ0n) is 12.7. The smallest absolute Gasteiger partial charge is 0.180 e. The van der Waals surface area contributed by atoms with Crippen molar-refractivity contribution in [3.63, 3.8) is 0 Å². The fourth-order valence-electron chi connectivity index (χ4n) is 3.92. The van der Waals surface area contributed by atoms with E-state index in [-0.39, 0.29) is 18.4 Å². The SMILES string of the molecule is Cl.O=C(c1ccccc1)C(C1CCCCC1)N1CCCC1. The minimum atomic E-state index is 0. The van der Waals surface area contributed by atoms with Crippen molar-refractivity contribution >= 4 is 18.2 Å². The molecule has 0 amide bonds. The normalized spacial score (nSPS) is 21.7. The van der Waals surface area contributed by atoms with Gasteiger partial charge in [0.1, 0.15) is 0 Å². The molecular weight excluding hydrogens is 282 g/mol. The first-order valence-corrected chi connectivity index (χ1v) is 8.19. The molecule has 1 heterocycles. The van der Waals surface area contributed by atoms with Gasteiger partial charge in [0.15, 0.2) is 5.78 Å². The molecule has 3 rings (SSSR count). The third kappa shape index (κ3) is 3.87. The average Bonchev–Trinajstić information content (AvgIpc) is 3.03. The molecule has 1 aliphatic heterocycles. The Balaban J connectivity index is 0.00000161. The maximum atomic E-state index is 13.0. The van der Waals surface area contributed by atoms with Gasteiger partial charge in [-0.1, -0.05) is 49.6 Å². The van der Waals surface area contributed by atoms with Crippen LogP contribution in [-0.4, -0.2) is 29.8 Å². The van der Waals surface area contributed by atoms with Gasteiger partial charge in [0.05, 0.1) is 6.04 Å². The molecule has 1 aromatic rings. The molecule has 2 fully saturated rings. The van der Waals surface area contributed by atoms with Crippen molar-refractivity contribution in [1.82, 2.24) is 4.90 Å². The zero-order valence-corrected chi connectivity index (χ0v) is 13.5. The van der Waals surface area contributed by atoms with E-state index in [1.807, 2.05) is 30.3 Å². The van der Waals surface area contributed by atoms with E-state index in [0.717, 1.165) is 18.7 Å². The Morgan fingerprint density at radius 2 is 1.57 bits per heavy atom. The molecule has 1 atom stereocenters. The average molecular weight is 308 g/mol. The molecule has 21 heavy (non-hydrogen) atoms. The largest absolute Gasteiger partial charge is 0.293 e. The second-order valence-electron chi connectivity index (χ2n) is 6.32. The zero-order chi connectivity index (χ0) is 13.8. The highest BCUT2D eigenvalue weighted by atomic mass is 35.5. The molecule has 2 aliphatic rings. The standard InChI is InChI=1S/C18H25NO.ClH/c20-18(16-11-5-2-6-12-16)17(19-13-7-8-14-19)15-9-3-1-4-10-15;/h2,5-6,11-12,15,17H,1,3-4,7-10,13-14H2;1H. The van der Waals surface area contributed by atoms with Gasteiger partial charge in [0.25, 0.3) is 0 Å². The lowest BCUT2D eigenvalue weighted by molar-refractivity contribution is 0.0721. The fraction of sp³-hybridized carbons (Fsp3) is 0.611. The predicted octanol–water partition coefficient (Wildman–Crippen LogP) is 4.34. The Morgan fingerprint density at radius 1 is 0.952 bits per heavy atom. The van der Waals surface area contributed by atoms with E-state index in [1.165, 1.54) is 44.9 Å². The number of carbonyl (C=O) groups excluding carboxylic acids is 1. The van der Waals surface area contributed by atoms with Crippen LogP contribution in [0.1, 0.15) is 55.3 Å². The van der Waals surface area contributed by atoms with Gasteiger partial charge in [-0.05, 0) is 44.7 Å². The maximum Gasteiger partial charge on any atom is 0.180 e. The highest BCUT2D eigenvalue weighted by Gasteiger charge is 2.35. The number of hydrogen-bond donors (Lipinski definition) is 0. The molecule has 1 saturated heterocycles. The Hall–Kier alpha value is -0.860. The topological polar surface area (TPSA) is 20.3 Å². The molecule has 0 radical (unpaired) electrons. The number of Topliss-reactive ketones (excluding diaryl/α,β-unsaturated/α-hetero) is 1. The molecule has 1 unspecified atom stereocenters. The van der Waals surface area contributed by atoms with Gasteiger partial charge in [0.2, 0.25) is 0 Å². The van der Waals surface area contributed by atoms with E-state index in [0.29, 0.717) is 11.7 Å². The van der Waals surface area contributed by atoms with Crippen LogP contribution in [0.15, 0.2) is 30.3 Å². The number of ketones is 1. The summed E-state index contributed by atoms with van der Waals surface area (Å²) in [6.45, 7) is 2.22. The summed E-state index contributed by atoms with van der Waals surface area (Å²) in [6, 6.07) is 10.1. The summed E-state index contributed by atoms with van der Waals surface area (Å²) in [7, 11) is 0. The third-order valence-electron chi connectivity index (χ3n) is 4.96. The lowest BCUT2D eigenvalue weighted by Gasteiger charge is -2.35. The monoisotopic (exact) mass is 307 g/mol. The first-order chi connectivity index (χ1) is 9.86. The summed E-state index contributed by atoms with van der Waals surface area (Å²) in [5.74, 6) is 0.939. The molecule has 0 spiro atoms. The molecule has 116 valence electrons. The van der Waals surface area contributed by atoms with Crippen LogP contribution in [0, 0.1) is 5.92 Å². The first-order valence-electron chi connectivity index (χ1n) is 8.19. The number of rotatable bonds is 4. The third-order valence-corrected chi connectivity index (χ3v) is 4.96. The quantitative estimate of drug-likeness (QED) is 0.771. The minimum absolute atomic E-state index is 0. The Bertz CT molecular complexity index is 436. The fourth-order valence-corrected chi connectivity index (χ4v) is 3.92. The number of carbonyl (C=O) groups is 1. The maximum absolute atomic E-state index is 13.0. The molecule has 1 saturated carbocycles. The van der Waals surface area contributed by atoms with Crippen LogP contribution in [0.25, 0.3) is 0 Å². The number of nitrogens with zero attached hydrogens (tertiary/aromatic N) is 1. The van der Waals surface area contributed by atoms with Crippen LogP contribution < -0.4 is 0 Å². The van der Waals surface area contributed by atoms with Crippen LogP contribution in [0.5, 0.6) is 0 Å². The Labute approximate surface area is 134 Å². The summed E-state index contributed by atoms with van der Waals surface area (Å²) in [6.07, 6.45) is 8.94. The van der Waals surface area contributed by atoms with Crippen molar-refractivity contribution in [1.29, 1.82) is 0 Å². The van der Waals surface area contributed by atoms with E-state index in [4.69, 9.17) is 0 Å². The van der Waals surface area contributed by atoms with Crippen LogP contribution in [0.3, 0.4) is 0 Å². The highest BCUT2D eigenvalue weighted by Crippen LogP contribution is 2.32. The minimum Gasteiger partial charge on any atom is -0.293 e. The Morgan fingerprint density at radius 3 is 2.19 bits per heavy atom. The molecular formula is C18H26ClNO. The summed E-state index contributed by atoms with van der Waals surface area (Å²) in [4.78, 5) is 15.5. The van der Waals surface area contributed by atoms with Gasteiger partial charge in [-0.2, -0.15) is 0 Å². The number of hydrogen-bond acceptors (Lipinski definition) is 2. The second-order valence-corrected chi connectivity index (χ2v) is 6.32. The molecule has 0 aromatic heterocycles. The number of likely N-dealkylation sites (tertiary alicyclic amines) is 1. The van der Waals surface area contributed by atoms with E-state index in [1.54, 1.807) is 0 Å². The van der Waals surface area contributed by atoms with Crippen LogP contribution in [0.2, 0.25) is 0 Å². The van der Waals surface area contributed by atoms with Crippen molar-refractivity contribution in [2.45, 2.75) is 51.0 Å². The van der Waals surface area contributed by atoms with Crippen LogP contribution in [-0.2, 0) is 0 Å². The van der Waals surface area contributed by atoms with E-state index >= 15 is 0 Å². The summed E-state index contributed by atoms with van der Waals surface area (Å²) < 4.78 is 0. The van der Waals surface area contributed by atoms with Crippen molar-refractivity contribution < 1.29 is 4.79 Å². The molecule has 0 N–H and O–H groups in total. The van der Waals surface area contributed by atoms with E-state index in [2.05, 4.69) is 4.90 Å². The summed E-state index contributed by atoms with van der Waals surface area (Å²) in [5, 5.41) is 0. The van der Waals surface area contributed by atoms with Gasteiger partial charge < -0.3 is 0 Å². The molecule has 1 aliphatic carbocycles. The van der Waals surface area contributed by atoms with Gasteiger partial charge >= 0.3 is 0 Å². The lowest BCUT2D eigenvalue weighted by atomic mass is 9.80. The Kier molecular flexibility index (Phi) is 6.25. The van der Waals surface area contributed by atoms with Crippen LogP contribution in [0.4, 0.5) is 0 Å². The second kappa shape index (κ2) is 7.95. The van der Waals surface area contributed by atoms with Crippen molar-refractivity contribution in [3.8, 4) is 0 Å². The van der Waals surface area contributed by atoms with Gasteiger partial charge in [-0.25, -0.2) is 0 Å². The van der Waals surface area contributed by atoms with Crippen molar-refractivity contribution in [2.24, 2.45) is 5.92 Å². The van der Waals surface area contributed by atoms with Crippen LogP contribution >= 0.6 is 12.4 Å².